The zero-order chi connectivity index (χ0) is 23.2. The fraction of sp³-hybridized carbons (Fsp3) is 0.519. The minimum Gasteiger partial charge on any atom is -0.460 e. The molecule has 4 aliphatic rings. The average Bonchev–Trinajstić information content (AvgIpc) is 3.30. The molecule has 1 aromatic carbocycles. The van der Waals surface area contributed by atoms with Crippen molar-refractivity contribution in [3.8, 4) is 0 Å². The first-order chi connectivity index (χ1) is 15.9. The summed E-state index contributed by atoms with van der Waals surface area (Å²) in [5.41, 5.74) is -0.909. The summed E-state index contributed by atoms with van der Waals surface area (Å²) in [6.45, 7) is 2.36. The summed E-state index contributed by atoms with van der Waals surface area (Å²) >= 11 is 0. The maximum absolute atomic E-state index is 13.7. The van der Waals surface area contributed by atoms with Crippen LogP contribution in [0.15, 0.2) is 54.1 Å². The number of ketones is 1. The Morgan fingerprint density at radius 1 is 1.12 bits per heavy atom. The van der Waals surface area contributed by atoms with E-state index in [1.54, 1.807) is 0 Å². The summed E-state index contributed by atoms with van der Waals surface area (Å²) < 4.78 is 5.46. The van der Waals surface area contributed by atoms with Crippen molar-refractivity contribution in [3.63, 3.8) is 0 Å². The van der Waals surface area contributed by atoms with Crippen LogP contribution in [0.4, 0.5) is 0 Å². The van der Waals surface area contributed by atoms with E-state index in [-0.39, 0.29) is 42.3 Å². The number of ether oxygens (including phenoxy) is 1. The molecule has 1 amide bonds. The number of Topliss-reactive ketones (excluding diaryl/α,β-unsaturated/α-hetero) is 1. The Labute approximate surface area is 194 Å². The van der Waals surface area contributed by atoms with E-state index in [0.29, 0.717) is 12.3 Å². The molecule has 6 unspecified atom stereocenters. The molecule has 2 heterocycles. The normalized spacial score (nSPS) is 35.1. The molecule has 6 atom stereocenters. The van der Waals surface area contributed by atoms with Gasteiger partial charge in [0, 0.05) is 12.5 Å². The first-order valence-electron chi connectivity index (χ1n) is 12.1. The van der Waals surface area contributed by atoms with Gasteiger partial charge in [0.25, 0.3) is 5.91 Å². The Bertz CT molecular complexity index is 1010. The van der Waals surface area contributed by atoms with Crippen molar-refractivity contribution < 1.29 is 24.2 Å². The van der Waals surface area contributed by atoms with Gasteiger partial charge in [0.1, 0.15) is 12.5 Å². The highest BCUT2D eigenvalue weighted by Gasteiger charge is 2.58. The van der Waals surface area contributed by atoms with Gasteiger partial charge in [0.15, 0.2) is 11.5 Å². The number of nitrogens with zero attached hydrogens (tertiary/aromatic N) is 1. The number of benzene rings is 1. The number of aliphatic hydroxyl groups is 1. The summed E-state index contributed by atoms with van der Waals surface area (Å²) in [6, 6.07) is 9.33. The predicted molar refractivity (Wildman–Crippen MR) is 121 cm³/mol. The van der Waals surface area contributed by atoms with Crippen molar-refractivity contribution >= 4 is 17.7 Å². The minimum absolute atomic E-state index is 0.0366. The molecule has 1 saturated carbocycles. The van der Waals surface area contributed by atoms with Gasteiger partial charge in [-0.15, -0.1) is 0 Å². The topological polar surface area (TPSA) is 83.9 Å². The zero-order valence-corrected chi connectivity index (χ0v) is 19.0. The monoisotopic (exact) mass is 449 g/mol. The number of carbonyl (C=O) groups is 3. The van der Waals surface area contributed by atoms with Gasteiger partial charge in [-0.3, -0.25) is 14.4 Å². The Morgan fingerprint density at radius 2 is 1.88 bits per heavy atom. The third-order valence-electron chi connectivity index (χ3n) is 8.06. The molecule has 0 spiro atoms. The molecule has 5 rings (SSSR count). The quantitative estimate of drug-likeness (QED) is 0.423. The van der Waals surface area contributed by atoms with Crippen molar-refractivity contribution in [1.29, 1.82) is 0 Å². The molecule has 1 aromatic rings. The highest BCUT2D eigenvalue weighted by atomic mass is 16.5. The molecule has 2 aliphatic carbocycles. The van der Waals surface area contributed by atoms with E-state index >= 15 is 0 Å². The lowest BCUT2D eigenvalue weighted by atomic mass is 9.63. The molecular weight excluding hydrogens is 418 g/mol. The molecule has 2 aliphatic heterocycles. The van der Waals surface area contributed by atoms with Crippen molar-refractivity contribution in [2.45, 2.75) is 51.4 Å². The van der Waals surface area contributed by atoms with Crippen molar-refractivity contribution in [2.24, 2.45) is 29.6 Å². The Balaban J connectivity index is 1.36. The van der Waals surface area contributed by atoms with Gasteiger partial charge in [0.05, 0.1) is 5.57 Å². The van der Waals surface area contributed by atoms with Gasteiger partial charge in [-0.25, -0.2) is 0 Å². The smallest absolute Gasteiger partial charge is 0.314 e. The van der Waals surface area contributed by atoms with Crippen LogP contribution in [-0.4, -0.2) is 39.9 Å². The Hall–Kier alpha value is -2.73. The van der Waals surface area contributed by atoms with E-state index < -0.39 is 23.5 Å². The fourth-order valence-electron chi connectivity index (χ4n) is 6.31. The first kappa shape index (κ1) is 22.1. The predicted octanol–water partition coefficient (Wildman–Crippen LogP) is 3.40. The van der Waals surface area contributed by atoms with E-state index in [1.165, 1.54) is 17.4 Å². The number of allylic oxidation sites excluding steroid dienone is 2. The molecule has 1 N–H and O–H groups in total. The Kier molecular flexibility index (Phi) is 5.73. The molecule has 6 nitrogen and oxygen atoms in total. The van der Waals surface area contributed by atoms with Gasteiger partial charge >= 0.3 is 5.97 Å². The highest BCUT2D eigenvalue weighted by Crippen LogP contribution is 2.47. The molecule has 33 heavy (non-hydrogen) atoms. The standard InChI is InChI=1S/C27H31NO5/c1-17-11-12-19-9-5-6-10-20(19)23(17)24(29)21-15-27(32)22(13-14-28(27)25(21)30)26(31)33-16-18-7-3-2-4-8-18/h2-4,7-8,11-12,15,17,19-20,22-23,32H,5-6,9-10,13-14,16H2,1H3. The van der Waals surface area contributed by atoms with Crippen LogP contribution in [0.2, 0.25) is 0 Å². The minimum atomic E-state index is -1.80. The number of esters is 1. The summed E-state index contributed by atoms with van der Waals surface area (Å²) in [7, 11) is 0. The SMILES string of the molecule is CC1C=CC2CCCCC2C1C(=O)C1=CC2(O)C(C(=O)OCc3ccccc3)CCN2C1=O. The highest BCUT2D eigenvalue weighted by molar-refractivity contribution is 6.22. The van der Waals surface area contributed by atoms with E-state index in [0.717, 1.165) is 24.8 Å². The Morgan fingerprint density at radius 3 is 2.67 bits per heavy atom. The van der Waals surface area contributed by atoms with Crippen LogP contribution in [0.5, 0.6) is 0 Å². The van der Waals surface area contributed by atoms with Crippen LogP contribution in [-0.2, 0) is 25.7 Å². The lowest BCUT2D eigenvalue weighted by Gasteiger charge is -2.40. The number of fused-ring (bicyclic) bond motifs is 2. The van der Waals surface area contributed by atoms with Crippen LogP contribution >= 0.6 is 0 Å². The molecule has 1 saturated heterocycles. The van der Waals surface area contributed by atoms with E-state index in [4.69, 9.17) is 4.74 Å². The van der Waals surface area contributed by atoms with Crippen LogP contribution in [0.1, 0.15) is 44.6 Å². The maximum atomic E-state index is 13.7. The third-order valence-corrected chi connectivity index (χ3v) is 8.06. The maximum Gasteiger partial charge on any atom is 0.314 e. The largest absolute Gasteiger partial charge is 0.460 e. The number of rotatable bonds is 5. The summed E-state index contributed by atoms with van der Waals surface area (Å²) in [6.07, 6.45) is 10.3. The number of hydrogen-bond acceptors (Lipinski definition) is 5. The van der Waals surface area contributed by atoms with Crippen LogP contribution in [0.3, 0.4) is 0 Å². The molecule has 6 heteroatoms. The number of hydrogen-bond donors (Lipinski definition) is 1. The van der Waals surface area contributed by atoms with Gasteiger partial charge in [-0.2, -0.15) is 0 Å². The lowest BCUT2D eigenvalue weighted by Crippen LogP contribution is -2.47. The molecule has 0 aromatic heterocycles. The van der Waals surface area contributed by atoms with Gasteiger partial charge < -0.3 is 14.7 Å². The lowest BCUT2D eigenvalue weighted by molar-refractivity contribution is -0.163. The van der Waals surface area contributed by atoms with E-state index in [9.17, 15) is 19.5 Å². The second-order valence-electron chi connectivity index (χ2n) is 9.98. The summed E-state index contributed by atoms with van der Waals surface area (Å²) in [4.78, 5) is 41.0. The van der Waals surface area contributed by atoms with Gasteiger partial charge in [-0.1, -0.05) is 62.2 Å². The number of carbonyl (C=O) groups excluding carboxylic acids is 3. The van der Waals surface area contributed by atoms with E-state index in [1.807, 2.05) is 37.3 Å². The molecule has 0 radical (unpaired) electrons. The molecule has 2 fully saturated rings. The number of amides is 1. The second-order valence-corrected chi connectivity index (χ2v) is 9.98. The van der Waals surface area contributed by atoms with Crippen LogP contribution < -0.4 is 0 Å². The first-order valence-corrected chi connectivity index (χ1v) is 12.1. The van der Waals surface area contributed by atoms with Gasteiger partial charge in [-0.05, 0) is 48.7 Å². The van der Waals surface area contributed by atoms with Crippen molar-refractivity contribution in [3.05, 3.63) is 59.7 Å². The molecule has 0 bridgehead atoms. The average molecular weight is 450 g/mol. The summed E-state index contributed by atoms with van der Waals surface area (Å²) in [5, 5.41) is 11.4. The molecular formula is C27H31NO5. The van der Waals surface area contributed by atoms with E-state index in [2.05, 4.69) is 12.2 Å². The summed E-state index contributed by atoms with van der Waals surface area (Å²) in [5.74, 6) is -1.71. The fourth-order valence-corrected chi connectivity index (χ4v) is 6.31. The second kappa shape index (κ2) is 8.56. The van der Waals surface area contributed by atoms with Crippen LogP contribution in [0.25, 0.3) is 0 Å². The van der Waals surface area contributed by atoms with Gasteiger partial charge in [0.2, 0.25) is 0 Å². The third kappa shape index (κ3) is 3.74. The molecule has 174 valence electrons. The van der Waals surface area contributed by atoms with Crippen molar-refractivity contribution in [2.75, 3.05) is 6.54 Å². The van der Waals surface area contributed by atoms with Crippen LogP contribution in [0, 0.1) is 29.6 Å². The zero-order valence-electron chi connectivity index (χ0n) is 19.0. The van der Waals surface area contributed by atoms with Crippen molar-refractivity contribution in [1.82, 2.24) is 4.90 Å².